The van der Waals surface area contributed by atoms with Crippen molar-refractivity contribution < 1.29 is 18.7 Å². The van der Waals surface area contributed by atoms with Crippen LogP contribution in [0.4, 0.5) is 4.39 Å². The third-order valence-electron chi connectivity index (χ3n) is 6.16. The SMILES string of the molecule is CCC(=O)N1CCC2(CC1)CC(NC(=O)c1ccccn1)C1C=C(F)C=CC1O2. The van der Waals surface area contributed by atoms with Gasteiger partial charge in [-0.3, -0.25) is 14.6 Å². The lowest BCUT2D eigenvalue weighted by atomic mass is 9.75. The number of hydrogen-bond donors (Lipinski definition) is 1. The van der Waals surface area contributed by atoms with Gasteiger partial charge in [0.25, 0.3) is 5.91 Å². The number of aromatic nitrogens is 1. The van der Waals surface area contributed by atoms with E-state index in [0.717, 1.165) is 0 Å². The van der Waals surface area contributed by atoms with E-state index in [4.69, 9.17) is 4.74 Å². The van der Waals surface area contributed by atoms with Gasteiger partial charge in [0, 0.05) is 37.7 Å². The van der Waals surface area contributed by atoms with Gasteiger partial charge in [-0.2, -0.15) is 0 Å². The minimum Gasteiger partial charge on any atom is -0.367 e. The minimum absolute atomic E-state index is 0.149. The van der Waals surface area contributed by atoms with E-state index in [2.05, 4.69) is 10.3 Å². The Morgan fingerprint density at radius 1 is 1.34 bits per heavy atom. The number of carbonyl (C=O) groups is 2. The Kier molecular flexibility index (Phi) is 5.50. The van der Waals surface area contributed by atoms with Crippen LogP contribution in [0.1, 0.15) is 43.1 Å². The number of nitrogens with zero attached hydrogens (tertiary/aromatic N) is 2. The molecule has 0 bridgehead atoms. The first-order valence-corrected chi connectivity index (χ1v) is 10.2. The van der Waals surface area contributed by atoms with E-state index < -0.39 is 5.60 Å². The van der Waals surface area contributed by atoms with E-state index in [-0.39, 0.29) is 35.7 Å². The van der Waals surface area contributed by atoms with Crippen molar-refractivity contribution in [1.29, 1.82) is 0 Å². The number of ether oxygens (including phenoxy) is 1. The Hall–Kier alpha value is -2.54. The molecule has 1 spiro atoms. The molecular weight excluding hydrogens is 373 g/mol. The van der Waals surface area contributed by atoms with E-state index >= 15 is 0 Å². The van der Waals surface area contributed by atoms with Crippen LogP contribution in [0.2, 0.25) is 0 Å². The smallest absolute Gasteiger partial charge is 0.270 e. The van der Waals surface area contributed by atoms with Gasteiger partial charge in [0.1, 0.15) is 11.5 Å². The van der Waals surface area contributed by atoms with E-state index in [9.17, 15) is 14.0 Å². The first-order valence-electron chi connectivity index (χ1n) is 10.2. The fourth-order valence-corrected chi connectivity index (χ4v) is 4.58. The quantitative estimate of drug-likeness (QED) is 0.849. The highest BCUT2D eigenvalue weighted by molar-refractivity contribution is 5.92. The topological polar surface area (TPSA) is 71.5 Å². The molecule has 2 amide bonds. The molecule has 0 aromatic carbocycles. The summed E-state index contributed by atoms with van der Waals surface area (Å²) in [7, 11) is 0. The molecule has 2 aliphatic heterocycles. The molecule has 154 valence electrons. The van der Waals surface area contributed by atoms with Crippen LogP contribution in [-0.4, -0.2) is 52.5 Å². The van der Waals surface area contributed by atoms with Crippen molar-refractivity contribution in [3.05, 3.63) is 54.1 Å². The number of halogens is 1. The largest absolute Gasteiger partial charge is 0.367 e. The average Bonchev–Trinajstić information content (AvgIpc) is 2.75. The molecular formula is C22H26FN3O3. The lowest BCUT2D eigenvalue weighted by Gasteiger charge is -2.51. The molecule has 3 aliphatic rings. The summed E-state index contributed by atoms with van der Waals surface area (Å²) < 4.78 is 20.4. The second kappa shape index (κ2) is 8.06. The van der Waals surface area contributed by atoms with Crippen molar-refractivity contribution >= 4 is 11.8 Å². The van der Waals surface area contributed by atoms with Gasteiger partial charge >= 0.3 is 0 Å². The number of hydrogen-bond acceptors (Lipinski definition) is 4. The van der Waals surface area contributed by atoms with Crippen molar-refractivity contribution in [1.82, 2.24) is 15.2 Å². The maximum atomic E-state index is 14.0. The third-order valence-corrected chi connectivity index (χ3v) is 6.16. The van der Waals surface area contributed by atoms with Crippen molar-refractivity contribution in [3.8, 4) is 0 Å². The Balaban J connectivity index is 1.53. The molecule has 7 heteroatoms. The average molecular weight is 399 g/mol. The maximum absolute atomic E-state index is 14.0. The van der Waals surface area contributed by atoms with Gasteiger partial charge < -0.3 is 15.0 Å². The maximum Gasteiger partial charge on any atom is 0.270 e. The van der Waals surface area contributed by atoms with E-state index in [0.29, 0.717) is 44.5 Å². The fraction of sp³-hybridized carbons (Fsp3) is 0.500. The standard InChI is InChI=1S/C22H26FN3O3/c1-2-20(27)26-11-8-22(9-12-26)14-18(16-13-15(23)6-7-19(16)29-22)25-21(28)17-5-3-4-10-24-17/h3-7,10,13,16,18-19H,2,8-9,11-12,14H2,1H3,(H,25,28). The molecule has 1 aromatic heterocycles. The number of piperidine rings is 1. The highest BCUT2D eigenvalue weighted by Crippen LogP contribution is 2.42. The zero-order chi connectivity index (χ0) is 20.4. The highest BCUT2D eigenvalue weighted by Gasteiger charge is 2.48. The van der Waals surface area contributed by atoms with Crippen LogP contribution in [0.15, 0.2) is 48.5 Å². The molecule has 3 atom stereocenters. The summed E-state index contributed by atoms with van der Waals surface area (Å²) in [5.74, 6) is -0.704. The number of amides is 2. The molecule has 3 heterocycles. The summed E-state index contributed by atoms with van der Waals surface area (Å²) in [6.07, 6.45) is 8.47. The molecule has 4 rings (SSSR count). The van der Waals surface area contributed by atoms with Crippen LogP contribution >= 0.6 is 0 Å². The van der Waals surface area contributed by atoms with Crippen LogP contribution in [0.5, 0.6) is 0 Å². The zero-order valence-electron chi connectivity index (χ0n) is 16.5. The van der Waals surface area contributed by atoms with Crippen molar-refractivity contribution in [2.45, 2.75) is 50.4 Å². The molecule has 2 saturated heterocycles. The third kappa shape index (κ3) is 4.10. The summed E-state index contributed by atoms with van der Waals surface area (Å²) in [5, 5.41) is 3.06. The summed E-state index contributed by atoms with van der Waals surface area (Å²) in [5.41, 5.74) is -0.0940. The monoisotopic (exact) mass is 399 g/mol. The molecule has 1 N–H and O–H groups in total. The van der Waals surface area contributed by atoms with Crippen molar-refractivity contribution in [2.75, 3.05) is 13.1 Å². The van der Waals surface area contributed by atoms with Crippen LogP contribution in [-0.2, 0) is 9.53 Å². The van der Waals surface area contributed by atoms with Crippen LogP contribution in [0.3, 0.4) is 0 Å². The summed E-state index contributed by atoms with van der Waals surface area (Å²) in [6.45, 7) is 3.14. The molecule has 1 aliphatic carbocycles. The molecule has 6 nitrogen and oxygen atoms in total. The van der Waals surface area contributed by atoms with Gasteiger partial charge in [-0.1, -0.05) is 19.1 Å². The van der Waals surface area contributed by atoms with Gasteiger partial charge in [-0.25, -0.2) is 4.39 Å². The molecule has 2 fully saturated rings. The number of allylic oxidation sites excluding steroid dienone is 2. The second-order valence-corrected chi connectivity index (χ2v) is 7.99. The van der Waals surface area contributed by atoms with Gasteiger partial charge in [-0.15, -0.1) is 0 Å². The predicted octanol–water partition coefficient (Wildman–Crippen LogP) is 2.78. The molecule has 0 saturated carbocycles. The van der Waals surface area contributed by atoms with E-state index in [1.807, 2.05) is 11.8 Å². The number of fused-ring (bicyclic) bond motifs is 1. The lowest BCUT2D eigenvalue weighted by Crippen LogP contribution is -2.60. The van der Waals surface area contributed by atoms with Crippen LogP contribution < -0.4 is 5.32 Å². The molecule has 0 radical (unpaired) electrons. The summed E-state index contributed by atoms with van der Waals surface area (Å²) in [6, 6.07) is 4.91. The second-order valence-electron chi connectivity index (χ2n) is 7.99. The van der Waals surface area contributed by atoms with E-state index in [1.54, 1.807) is 30.5 Å². The van der Waals surface area contributed by atoms with Crippen LogP contribution in [0.25, 0.3) is 0 Å². The van der Waals surface area contributed by atoms with E-state index in [1.165, 1.54) is 12.2 Å². The van der Waals surface area contributed by atoms with Crippen molar-refractivity contribution in [2.24, 2.45) is 5.92 Å². The van der Waals surface area contributed by atoms with Crippen LogP contribution in [0, 0.1) is 5.92 Å². The fourth-order valence-electron chi connectivity index (χ4n) is 4.58. The van der Waals surface area contributed by atoms with Gasteiger partial charge in [0.2, 0.25) is 5.91 Å². The van der Waals surface area contributed by atoms with Crippen molar-refractivity contribution in [3.63, 3.8) is 0 Å². The first kappa shape index (κ1) is 19.8. The Morgan fingerprint density at radius 2 is 2.14 bits per heavy atom. The first-order chi connectivity index (χ1) is 14.0. The van der Waals surface area contributed by atoms with Gasteiger partial charge in [0.05, 0.1) is 11.7 Å². The lowest BCUT2D eigenvalue weighted by molar-refractivity contribution is -0.165. The summed E-state index contributed by atoms with van der Waals surface area (Å²) >= 11 is 0. The number of rotatable bonds is 3. The zero-order valence-corrected chi connectivity index (χ0v) is 16.5. The Labute approximate surface area is 169 Å². The number of likely N-dealkylation sites (tertiary alicyclic amines) is 1. The molecule has 1 aromatic rings. The molecule has 3 unspecified atom stereocenters. The number of nitrogens with one attached hydrogen (secondary N) is 1. The Bertz CT molecular complexity index is 831. The number of carbonyl (C=O) groups excluding carboxylic acids is 2. The number of pyridine rings is 1. The van der Waals surface area contributed by atoms with Gasteiger partial charge in [0.15, 0.2) is 0 Å². The predicted molar refractivity (Wildman–Crippen MR) is 106 cm³/mol. The Morgan fingerprint density at radius 3 is 2.83 bits per heavy atom. The van der Waals surface area contributed by atoms with Gasteiger partial charge in [-0.05, 0) is 43.5 Å². The normalized spacial score (nSPS) is 27.9. The highest BCUT2D eigenvalue weighted by atomic mass is 19.1. The molecule has 29 heavy (non-hydrogen) atoms. The summed E-state index contributed by atoms with van der Waals surface area (Å²) in [4.78, 5) is 30.7. The minimum atomic E-state index is -0.431.